The molecule has 5 heterocycles. The molecule has 1 saturated heterocycles. The van der Waals surface area contributed by atoms with Crippen LogP contribution in [0.25, 0.3) is 33.6 Å². The highest BCUT2D eigenvalue weighted by molar-refractivity contribution is 6.02. The number of carbonyl (C=O) groups is 4. The number of nitrogens with zero attached hydrogens (tertiary/aromatic N) is 4. The number of amides is 4. The zero-order valence-corrected chi connectivity index (χ0v) is 32.6. The van der Waals surface area contributed by atoms with Crippen molar-refractivity contribution < 1.29 is 33.0 Å². The van der Waals surface area contributed by atoms with Crippen LogP contribution in [0.2, 0.25) is 0 Å². The van der Waals surface area contributed by atoms with Gasteiger partial charge in [0.15, 0.2) is 0 Å². The molecule has 5 aromatic rings. The number of halogens is 1. The van der Waals surface area contributed by atoms with Crippen LogP contribution in [0.4, 0.5) is 19.7 Å². The van der Waals surface area contributed by atoms with E-state index in [2.05, 4.69) is 25.6 Å². The number of alkyl halides is 1. The minimum absolute atomic E-state index is 0.0889. The molecule has 5 atom stereocenters. The van der Waals surface area contributed by atoms with Crippen molar-refractivity contribution in [1.82, 2.24) is 35.5 Å². The Bertz CT molecular complexity index is 2340. The molecule has 4 N–H and O–H groups in total. The molecule has 15 heteroatoms. The zero-order valence-electron chi connectivity index (χ0n) is 32.6. The van der Waals surface area contributed by atoms with E-state index in [4.69, 9.17) is 14.5 Å². The van der Waals surface area contributed by atoms with E-state index in [0.717, 1.165) is 50.5 Å². The van der Waals surface area contributed by atoms with Crippen molar-refractivity contribution in [2.24, 2.45) is 5.92 Å². The van der Waals surface area contributed by atoms with Gasteiger partial charge in [-0.15, -0.1) is 0 Å². The minimum Gasteiger partial charge on any atom is -0.453 e. The first-order valence-corrected chi connectivity index (χ1v) is 19.4. The predicted molar refractivity (Wildman–Crippen MR) is 213 cm³/mol. The molecular formula is C43H45FN8O6. The van der Waals surface area contributed by atoms with Crippen molar-refractivity contribution in [1.29, 1.82) is 0 Å². The Labute approximate surface area is 334 Å². The molecule has 300 valence electrons. The first kappa shape index (κ1) is 38.4. The van der Waals surface area contributed by atoms with Crippen molar-refractivity contribution in [3.63, 3.8) is 0 Å². The average molecular weight is 789 g/mol. The van der Waals surface area contributed by atoms with E-state index in [1.54, 1.807) is 17.3 Å². The summed E-state index contributed by atoms with van der Waals surface area (Å²) in [6.45, 7) is 3.53. The van der Waals surface area contributed by atoms with Crippen LogP contribution >= 0.6 is 0 Å². The average Bonchev–Trinajstić information content (AvgIpc) is 4.05. The van der Waals surface area contributed by atoms with E-state index in [0.29, 0.717) is 30.9 Å². The number of benzene rings is 3. The maximum absolute atomic E-state index is 14.8. The molecule has 8 rings (SSSR count). The second-order valence-electron chi connectivity index (χ2n) is 15.3. The lowest BCUT2D eigenvalue weighted by Crippen LogP contribution is -2.51. The van der Waals surface area contributed by atoms with E-state index < -0.39 is 36.5 Å². The summed E-state index contributed by atoms with van der Waals surface area (Å²) in [5.41, 5.74) is 8.41. The molecule has 0 saturated carbocycles. The molecular weight excluding hydrogens is 744 g/mol. The first-order valence-electron chi connectivity index (χ1n) is 19.4. The highest BCUT2D eigenvalue weighted by Crippen LogP contribution is 2.45. The van der Waals surface area contributed by atoms with Crippen LogP contribution in [-0.2, 0) is 31.9 Å². The predicted octanol–water partition coefficient (Wildman–Crippen LogP) is 6.43. The quantitative estimate of drug-likeness (QED) is 0.132. The van der Waals surface area contributed by atoms with Gasteiger partial charge in [-0.3, -0.25) is 14.5 Å². The Morgan fingerprint density at radius 2 is 1.38 bits per heavy atom. The summed E-state index contributed by atoms with van der Waals surface area (Å²) in [5.74, 6) is 0.332. The lowest BCUT2D eigenvalue weighted by molar-refractivity contribution is -0.135. The standard InChI is InChI=1S/C43H45FN8O6/c1-23(2)36(50-43(56)58-4)41(54)51-22-30(44)19-34(51)38-45-20-32(47-38)26-12-8-24(9-13-26)25-10-14-27(15-11-25)33-21-46-39(48-33)35-18-29-7-5-6-28-16-17-31(49-42(55)57-3)40(53)52(35)37(28)29/h5-15,20-21,23,30-31,34-36H,16-19,22H2,1-4H3,(H,45,47)(H,46,48)(H,49,55)(H,50,56)/t30-,31-,34-,35-,36-/m0/s1. The van der Waals surface area contributed by atoms with Crippen molar-refractivity contribution in [2.45, 2.75) is 69.9 Å². The molecule has 3 aromatic carbocycles. The Balaban J connectivity index is 0.957. The fourth-order valence-electron chi connectivity index (χ4n) is 8.34. The third kappa shape index (κ3) is 7.27. The monoisotopic (exact) mass is 788 g/mol. The van der Waals surface area contributed by atoms with Gasteiger partial charge in [0.1, 0.15) is 29.9 Å². The number of ether oxygens (including phenoxy) is 2. The van der Waals surface area contributed by atoms with Crippen molar-refractivity contribution in [3.05, 3.63) is 102 Å². The Morgan fingerprint density at radius 3 is 1.97 bits per heavy atom. The number of nitrogens with one attached hydrogen (secondary N) is 4. The smallest absolute Gasteiger partial charge is 0.407 e. The van der Waals surface area contributed by atoms with Gasteiger partial charge in [0.05, 0.1) is 62.3 Å². The number of carbonyl (C=O) groups excluding carboxylic acids is 4. The highest BCUT2D eigenvalue weighted by Gasteiger charge is 2.44. The molecule has 3 aliphatic rings. The molecule has 3 aliphatic heterocycles. The van der Waals surface area contributed by atoms with Gasteiger partial charge in [0.25, 0.3) is 0 Å². The Hall–Kier alpha value is -6.51. The molecule has 0 unspecified atom stereocenters. The molecule has 4 amide bonds. The van der Waals surface area contributed by atoms with E-state index in [1.165, 1.54) is 19.1 Å². The van der Waals surface area contributed by atoms with Gasteiger partial charge >= 0.3 is 12.2 Å². The normalized spacial score (nSPS) is 20.4. The summed E-state index contributed by atoms with van der Waals surface area (Å²) >= 11 is 0. The van der Waals surface area contributed by atoms with Crippen molar-refractivity contribution in [3.8, 4) is 33.6 Å². The summed E-state index contributed by atoms with van der Waals surface area (Å²) in [4.78, 5) is 70.8. The third-order valence-corrected chi connectivity index (χ3v) is 11.4. The molecule has 0 aliphatic carbocycles. The van der Waals surface area contributed by atoms with E-state index in [1.807, 2.05) is 80.6 Å². The van der Waals surface area contributed by atoms with E-state index in [-0.39, 0.29) is 36.7 Å². The number of alkyl carbamates (subject to hydrolysis) is 2. The van der Waals surface area contributed by atoms with Gasteiger partial charge in [-0.05, 0) is 52.1 Å². The SMILES string of the molecule is COC(=O)N[C@H]1CCc2cccc3c2N(C1=O)[C@H](c1ncc(-c2ccc(-c4ccc(-c5cnc([C@@H]6C[C@H](F)CN6C(=O)[C@@H](NC(=O)OC)C(C)C)[nH]5)cc4)cc2)[nH]1)C3. The number of imidazole rings is 2. The number of H-pyrrole nitrogens is 2. The minimum atomic E-state index is -1.22. The molecule has 0 spiro atoms. The molecule has 2 aromatic heterocycles. The summed E-state index contributed by atoms with van der Waals surface area (Å²) in [5, 5.41) is 5.31. The van der Waals surface area contributed by atoms with E-state index >= 15 is 0 Å². The maximum Gasteiger partial charge on any atom is 0.407 e. The number of rotatable bonds is 9. The highest BCUT2D eigenvalue weighted by atomic mass is 19.1. The molecule has 14 nitrogen and oxygen atoms in total. The second kappa shape index (κ2) is 15.8. The summed E-state index contributed by atoms with van der Waals surface area (Å²) in [6, 6.07) is 19.7. The lowest BCUT2D eigenvalue weighted by Gasteiger charge is -2.29. The fraction of sp³-hybridized carbons (Fsp3) is 0.349. The van der Waals surface area contributed by atoms with Crippen LogP contribution in [0.1, 0.15) is 61.5 Å². The third-order valence-electron chi connectivity index (χ3n) is 11.4. The summed E-state index contributed by atoms with van der Waals surface area (Å²) in [7, 11) is 2.52. The number of methoxy groups -OCH3 is 2. The van der Waals surface area contributed by atoms with Crippen molar-refractivity contribution >= 4 is 29.7 Å². The largest absolute Gasteiger partial charge is 0.453 e. The number of aromatic amines is 2. The van der Waals surface area contributed by atoms with Gasteiger partial charge < -0.3 is 35.0 Å². The number of hydrogen-bond donors (Lipinski definition) is 4. The van der Waals surface area contributed by atoms with Crippen LogP contribution in [0.5, 0.6) is 0 Å². The van der Waals surface area contributed by atoms with Crippen molar-refractivity contribution in [2.75, 3.05) is 25.7 Å². The molecule has 1 fully saturated rings. The number of aryl methyl sites for hydroxylation is 1. The summed E-state index contributed by atoms with van der Waals surface area (Å²) in [6.07, 6.45) is 2.71. The Morgan fingerprint density at radius 1 is 0.810 bits per heavy atom. The van der Waals surface area contributed by atoms with Crippen LogP contribution < -0.4 is 15.5 Å². The van der Waals surface area contributed by atoms with Gasteiger partial charge in [-0.1, -0.05) is 80.6 Å². The Kier molecular flexibility index (Phi) is 10.4. The van der Waals surface area contributed by atoms with Gasteiger partial charge in [-0.25, -0.2) is 23.9 Å². The number of aromatic nitrogens is 4. The number of para-hydroxylation sites is 1. The number of anilines is 1. The zero-order chi connectivity index (χ0) is 40.7. The van der Waals surface area contributed by atoms with Crippen LogP contribution in [0.3, 0.4) is 0 Å². The lowest BCUT2D eigenvalue weighted by atomic mass is 10.0. The maximum atomic E-state index is 14.8. The van der Waals surface area contributed by atoms with Gasteiger partial charge in [0, 0.05) is 12.8 Å². The van der Waals surface area contributed by atoms with Crippen LogP contribution in [0, 0.1) is 5.92 Å². The van der Waals surface area contributed by atoms with Crippen LogP contribution in [-0.4, -0.2) is 87.9 Å². The summed E-state index contributed by atoms with van der Waals surface area (Å²) < 4.78 is 24.3. The molecule has 0 bridgehead atoms. The molecule has 58 heavy (non-hydrogen) atoms. The number of hydrogen-bond acceptors (Lipinski definition) is 8. The van der Waals surface area contributed by atoms with E-state index in [9.17, 15) is 23.6 Å². The van der Waals surface area contributed by atoms with Gasteiger partial charge in [-0.2, -0.15) is 0 Å². The topological polar surface area (TPSA) is 175 Å². The first-order chi connectivity index (χ1) is 28.0. The van der Waals surface area contributed by atoms with Crippen LogP contribution in [0.15, 0.2) is 79.1 Å². The fourth-order valence-corrected chi connectivity index (χ4v) is 8.34. The van der Waals surface area contributed by atoms with Gasteiger partial charge in [0.2, 0.25) is 11.8 Å². The molecule has 0 radical (unpaired) electrons. The number of likely N-dealkylation sites (tertiary alicyclic amines) is 1. The second-order valence-corrected chi connectivity index (χ2v) is 15.3.